The first kappa shape index (κ1) is 23.2. The van der Waals surface area contributed by atoms with Crippen LogP contribution < -0.4 is 5.56 Å². The van der Waals surface area contributed by atoms with E-state index in [9.17, 15) is 4.79 Å². The molecule has 0 bridgehead atoms. The third-order valence-electron chi connectivity index (χ3n) is 5.99. The van der Waals surface area contributed by atoms with Gasteiger partial charge >= 0.3 is 0 Å². The first-order chi connectivity index (χ1) is 15.6. The molecule has 0 radical (unpaired) electrons. The average Bonchev–Trinajstić information content (AvgIpc) is 3.00. The van der Waals surface area contributed by atoms with Gasteiger partial charge in [0.25, 0.3) is 5.56 Å². The van der Waals surface area contributed by atoms with Crippen LogP contribution in [0.4, 0.5) is 0 Å². The molecule has 0 saturated heterocycles. The first-order valence-corrected chi connectivity index (χ1v) is 11.9. The molecule has 0 saturated carbocycles. The van der Waals surface area contributed by atoms with Crippen LogP contribution in [0.2, 0.25) is 0 Å². The third kappa shape index (κ3) is 4.20. The summed E-state index contributed by atoms with van der Waals surface area (Å²) in [7, 11) is 0. The number of aromatic nitrogens is 3. The molecule has 0 N–H and O–H groups in total. The van der Waals surface area contributed by atoms with Crippen LogP contribution in [0.25, 0.3) is 16.6 Å². The molecule has 0 aliphatic heterocycles. The van der Waals surface area contributed by atoms with E-state index in [1.54, 1.807) is 12.3 Å². The second-order valence-corrected chi connectivity index (χ2v) is 9.97. The number of aryl methyl sites for hydroxylation is 4. The Balaban J connectivity index is 1.86. The fraction of sp³-hybridized carbons (Fsp3) is 0.296. The van der Waals surface area contributed by atoms with Crippen LogP contribution in [-0.4, -0.2) is 20.4 Å². The topological polar surface area (TPSA) is 52.2 Å². The Morgan fingerprint density at radius 3 is 2.30 bits per heavy atom. The summed E-state index contributed by atoms with van der Waals surface area (Å²) in [6.07, 6.45) is 1.77. The molecule has 2 aromatic heterocycles. The fourth-order valence-corrected chi connectivity index (χ4v) is 4.92. The Morgan fingerprint density at radius 1 is 1.00 bits per heavy atom. The number of rotatable bonds is 4. The molecule has 2 aromatic carbocycles. The van der Waals surface area contributed by atoms with Crippen LogP contribution in [0.1, 0.15) is 59.2 Å². The summed E-state index contributed by atoms with van der Waals surface area (Å²) in [6, 6.07) is 12.1. The molecule has 0 spiro atoms. The van der Waals surface area contributed by atoms with E-state index >= 15 is 0 Å². The van der Waals surface area contributed by atoms with Crippen molar-refractivity contribution in [3.05, 3.63) is 90.7 Å². The van der Waals surface area contributed by atoms with Crippen molar-refractivity contribution < 1.29 is 0 Å². The van der Waals surface area contributed by atoms with Crippen LogP contribution in [0, 0.1) is 34.6 Å². The fourth-order valence-electron chi connectivity index (χ4n) is 4.56. The summed E-state index contributed by atoms with van der Waals surface area (Å²) in [4.78, 5) is 18.0. The zero-order valence-electron chi connectivity index (χ0n) is 20.2. The molecule has 4 aromatic rings. The molecule has 0 unspecified atom stereocenters. The van der Waals surface area contributed by atoms with E-state index < -0.39 is 0 Å². The van der Waals surface area contributed by atoms with Crippen LogP contribution in [-0.2, 0) is 0 Å². The smallest absolute Gasteiger partial charge is 0.282 e. The third-order valence-corrected chi connectivity index (χ3v) is 6.48. The van der Waals surface area contributed by atoms with Crippen molar-refractivity contribution in [1.29, 1.82) is 0 Å². The molecule has 0 atom stereocenters. The van der Waals surface area contributed by atoms with Crippen LogP contribution >= 0.6 is 15.9 Å². The Bertz CT molecular complexity index is 1450. The molecule has 5 nitrogen and oxygen atoms in total. The number of nitrogens with zero attached hydrogens (tertiary/aromatic N) is 4. The van der Waals surface area contributed by atoms with Gasteiger partial charge in [0, 0.05) is 27.3 Å². The van der Waals surface area contributed by atoms with Crippen molar-refractivity contribution in [2.45, 2.75) is 54.4 Å². The SMILES string of the molecule is Cc1cc(C)c(-n2c(C)cc(C=Nn3c(C(C)C)nc4ccc(Br)cc4c3=O)c2C)c(C)c1. The van der Waals surface area contributed by atoms with E-state index in [1.807, 2.05) is 26.0 Å². The zero-order chi connectivity index (χ0) is 24.0. The molecule has 33 heavy (non-hydrogen) atoms. The molecule has 0 aliphatic rings. The summed E-state index contributed by atoms with van der Waals surface area (Å²) in [5.41, 5.74) is 8.63. The largest absolute Gasteiger partial charge is 0.317 e. The molecule has 2 heterocycles. The van der Waals surface area contributed by atoms with E-state index in [1.165, 1.54) is 27.1 Å². The highest BCUT2D eigenvalue weighted by Crippen LogP contribution is 2.27. The van der Waals surface area contributed by atoms with Gasteiger partial charge in [0.15, 0.2) is 0 Å². The standard InChI is InChI=1S/C27H29BrN4O/c1-15(2)26-30-24-9-8-22(28)13-23(24)27(33)32(26)29-14-21-12-19(6)31(20(21)7)25-17(4)10-16(3)11-18(25)5/h8-15H,1-7H3. The van der Waals surface area contributed by atoms with Crippen LogP contribution in [0.5, 0.6) is 0 Å². The second-order valence-electron chi connectivity index (χ2n) is 9.06. The lowest BCUT2D eigenvalue weighted by Crippen LogP contribution is -2.23. The summed E-state index contributed by atoms with van der Waals surface area (Å²) in [5, 5.41) is 5.18. The molecular formula is C27H29BrN4O. The van der Waals surface area contributed by atoms with E-state index in [0.717, 1.165) is 21.4 Å². The van der Waals surface area contributed by atoms with Gasteiger partial charge in [0.2, 0.25) is 0 Å². The van der Waals surface area contributed by atoms with Gasteiger partial charge in [-0.25, -0.2) is 4.98 Å². The molecule has 4 rings (SSSR count). The lowest BCUT2D eigenvalue weighted by atomic mass is 10.0. The number of hydrogen-bond donors (Lipinski definition) is 0. The number of benzene rings is 2. The second kappa shape index (κ2) is 8.75. The summed E-state index contributed by atoms with van der Waals surface area (Å²) >= 11 is 3.46. The van der Waals surface area contributed by atoms with E-state index in [0.29, 0.717) is 16.7 Å². The van der Waals surface area contributed by atoms with Crippen molar-refractivity contribution in [3.63, 3.8) is 0 Å². The Kier molecular flexibility index (Phi) is 6.14. The minimum atomic E-state index is -0.166. The van der Waals surface area contributed by atoms with Gasteiger partial charge in [-0.05, 0) is 70.0 Å². The van der Waals surface area contributed by atoms with E-state index in [4.69, 9.17) is 4.98 Å². The number of hydrogen-bond acceptors (Lipinski definition) is 3. The van der Waals surface area contributed by atoms with Gasteiger partial charge in [-0.1, -0.05) is 47.5 Å². The minimum Gasteiger partial charge on any atom is -0.317 e. The highest BCUT2D eigenvalue weighted by Gasteiger charge is 2.16. The normalized spacial score (nSPS) is 11.9. The van der Waals surface area contributed by atoms with Crippen LogP contribution in [0.15, 0.2) is 50.8 Å². The van der Waals surface area contributed by atoms with Gasteiger partial charge in [-0.2, -0.15) is 9.78 Å². The Hall–Kier alpha value is -2.99. The van der Waals surface area contributed by atoms with Crippen LogP contribution in [0.3, 0.4) is 0 Å². The predicted molar refractivity (Wildman–Crippen MR) is 140 cm³/mol. The van der Waals surface area contributed by atoms with Crippen molar-refractivity contribution in [2.24, 2.45) is 5.10 Å². The maximum Gasteiger partial charge on any atom is 0.282 e. The predicted octanol–water partition coefficient (Wildman–Crippen LogP) is 6.50. The molecular weight excluding hydrogens is 476 g/mol. The van der Waals surface area contributed by atoms with Gasteiger partial charge in [-0.15, -0.1) is 0 Å². The van der Waals surface area contributed by atoms with E-state index in [-0.39, 0.29) is 11.5 Å². The van der Waals surface area contributed by atoms with Gasteiger partial charge in [0.05, 0.1) is 22.8 Å². The Morgan fingerprint density at radius 2 is 1.67 bits per heavy atom. The van der Waals surface area contributed by atoms with Gasteiger partial charge in [0.1, 0.15) is 5.82 Å². The molecule has 6 heteroatoms. The molecule has 0 fully saturated rings. The molecule has 0 aliphatic carbocycles. The average molecular weight is 505 g/mol. The lowest BCUT2D eigenvalue weighted by molar-refractivity contribution is 0.665. The first-order valence-electron chi connectivity index (χ1n) is 11.1. The highest BCUT2D eigenvalue weighted by molar-refractivity contribution is 9.10. The summed E-state index contributed by atoms with van der Waals surface area (Å²) < 4.78 is 4.55. The van der Waals surface area contributed by atoms with Crippen molar-refractivity contribution >= 4 is 33.0 Å². The van der Waals surface area contributed by atoms with Crippen molar-refractivity contribution in [3.8, 4) is 5.69 Å². The van der Waals surface area contributed by atoms with E-state index in [2.05, 4.69) is 78.4 Å². The quantitative estimate of drug-likeness (QED) is 0.298. The van der Waals surface area contributed by atoms with Gasteiger partial charge in [-0.3, -0.25) is 4.79 Å². The van der Waals surface area contributed by atoms with Crippen molar-refractivity contribution in [2.75, 3.05) is 0 Å². The maximum absolute atomic E-state index is 13.3. The number of fused-ring (bicyclic) bond motifs is 1. The lowest BCUT2D eigenvalue weighted by Gasteiger charge is -2.17. The molecule has 0 amide bonds. The van der Waals surface area contributed by atoms with Gasteiger partial charge < -0.3 is 4.57 Å². The highest BCUT2D eigenvalue weighted by atomic mass is 79.9. The minimum absolute atomic E-state index is 0.0492. The van der Waals surface area contributed by atoms with Crippen molar-refractivity contribution in [1.82, 2.24) is 14.2 Å². The number of halogens is 1. The summed E-state index contributed by atoms with van der Waals surface area (Å²) in [6.45, 7) is 14.7. The summed E-state index contributed by atoms with van der Waals surface area (Å²) in [5.74, 6) is 0.693. The maximum atomic E-state index is 13.3. The monoisotopic (exact) mass is 504 g/mol. The Labute approximate surface area is 202 Å². The zero-order valence-corrected chi connectivity index (χ0v) is 21.8. The molecule has 170 valence electrons.